The summed E-state index contributed by atoms with van der Waals surface area (Å²) >= 11 is 0. The van der Waals surface area contributed by atoms with Crippen molar-refractivity contribution in [3.8, 4) is 0 Å². The number of carbonyl (C=O) groups is 2. The molecule has 0 aliphatic rings. The van der Waals surface area contributed by atoms with Crippen LogP contribution in [0.1, 0.15) is 232 Å². The molecule has 2 unspecified atom stereocenters. The Hall–Kier alpha value is -1.77. The topological polar surface area (TPSA) is 131 Å². The number of hydrogen-bond donors (Lipinski definition) is 3. The molecule has 10 heteroatoms. The normalized spacial score (nSPS) is 13.5. The van der Waals surface area contributed by atoms with Crippen LogP contribution in [-0.4, -0.2) is 54.3 Å². The van der Waals surface area contributed by atoms with Gasteiger partial charge >= 0.3 is 13.8 Å². The molecular formula is C49H92NO8P. The predicted octanol–water partition coefficient (Wildman–Crippen LogP) is 14.1. The summed E-state index contributed by atoms with van der Waals surface area (Å²) < 4.78 is 27.0. The zero-order chi connectivity index (χ0) is 43.2. The number of phosphoric ester groups is 1. The number of aliphatic hydroxyl groups excluding tert-OH is 1. The fraction of sp³-hybridized carbons (Fsp3) is 0.837. The van der Waals surface area contributed by atoms with Gasteiger partial charge in [0.15, 0.2) is 0 Å². The number of ether oxygens (including phenoxy) is 1. The smallest absolute Gasteiger partial charge is 0.463 e. The standard InChI is InChI=1S/C49H92NO8P/c1-3-5-7-9-11-13-15-17-19-21-22-23-24-26-27-29-31-33-35-37-39-41-48(52)50-43-44-57-59(54,55)58-46-47(51)45-56-49(53)42-40-38-36-34-32-30-28-25-20-18-16-14-12-10-8-6-4-2/h11,13,17,19,22-23,47,51H,3-10,12,14-16,18,20-21,24-46H2,1-2H3,(H,50,52)(H,54,55)/b13-11-,19-17-,23-22-. The maximum absolute atomic E-state index is 12.1. The first-order valence-electron chi connectivity index (χ1n) is 24.5. The molecule has 2 atom stereocenters. The predicted molar refractivity (Wildman–Crippen MR) is 247 cm³/mol. The number of rotatable bonds is 46. The van der Waals surface area contributed by atoms with Gasteiger partial charge in [-0.05, 0) is 51.4 Å². The molecule has 3 N–H and O–H groups in total. The van der Waals surface area contributed by atoms with Crippen molar-refractivity contribution in [1.29, 1.82) is 0 Å². The summed E-state index contributed by atoms with van der Waals surface area (Å²) in [6.45, 7) is 3.55. The quantitative estimate of drug-likeness (QED) is 0.0239. The van der Waals surface area contributed by atoms with Crippen molar-refractivity contribution in [2.45, 2.75) is 238 Å². The summed E-state index contributed by atoms with van der Waals surface area (Å²) in [4.78, 5) is 34.0. The van der Waals surface area contributed by atoms with Crippen LogP contribution in [0.25, 0.3) is 0 Å². The number of phosphoric acid groups is 1. The summed E-state index contributed by atoms with van der Waals surface area (Å²) in [6, 6.07) is 0. The minimum Gasteiger partial charge on any atom is -0.463 e. The number of allylic oxidation sites excluding steroid dienone is 6. The summed E-state index contributed by atoms with van der Waals surface area (Å²) in [5.74, 6) is -0.516. The van der Waals surface area contributed by atoms with Crippen LogP contribution in [0.15, 0.2) is 36.5 Å². The molecule has 0 aliphatic carbocycles. The molecule has 0 fully saturated rings. The van der Waals surface area contributed by atoms with Gasteiger partial charge < -0.3 is 20.1 Å². The molecule has 0 saturated heterocycles. The van der Waals surface area contributed by atoms with Crippen LogP contribution >= 0.6 is 7.82 Å². The summed E-state index contributed by atoms with van der Waals surface area (Å²) in [5.41, 5.74) is 0. The zero-order valence-electron chi connectivity index (χ0n) is 38.2. The Morgan fingerprint density at radius 2 is 0.915 bits per heavy atom. The van der Waals surface area contributed by atoms with Crippen LogP contribution in [0.5, 0.6) is 0 Å². The SMILES string of the molecule is CCCCC/C=C\C/C=C\C/C=C\CCCCCCCCCCC(=O)NCCOP(=O)(O)OCC(O)COC(=O)CCCCCCCCCCCCCCCCCCC. The molecule has 0 aromatic heterocycles. The molecule has 0 aromatic rings. The van der Waals surface area contributed by atoms with Gasteiger partial charge in [-0.3, -0.25) is 18.6 Å². The Kier molecular flexibility index (Phi) is 44.4. The Morgan fingerprint density at radius 1 is 0.525 bits per heavy atom. The van der Waals surface area contributed by atoms with Gasteiger partial charge in [-0.15, -0.1) is 0 Å². The fourth-order valence-electron chi connectivity index (χ4n) is 6.86. The number of hydrogen-bond acceptors (Lipinski definition) is 7. The van der Waals surface area contributed by atoms with E-state index in [1.165, 1.54) is 148 Å². The third-order valence-electron chi connectivity index (χ3n) is 10.6. The van der Waals surface area contributed by atoms with Crippen molar-refractivity contribution in [1.82, 2.24) is 5.32 Å². The molecule has 9 nitrogen and oxygen atoms in total. The van der Waals surface area contributed by atoms with Gasteiger partial charge in [-0.1, -0.05) is 204 Å². The molecule has 0 heterocycles. The third-order valence-corrected chi connectivity index (χ3v) is 11.6. The summed E-state index contributed by atoms with van der Waals surface area (Å²) in [5, 5.41) is 12.7. The number of aliphatic hydroxyl groups is 1. The molecule has 0 radical (unpaired) electrons. The largest absolute Gasteiger partial charge is 0.472 e. The maximum Gasteiger partial charge on any atom is 0.472 e. The van der Waals surface area contributed by atoms with Crippen LogP contribution < -0.4 is 5.32 Å². The first-order valence-corrected chi connectivity index (χ1v) is 26.0. The molecule has 59 heavy (non-hydrogen) atoms. The van der Waals surface area contributed by atoms with Crippen LogP contribution in [-0.2, 0) is 27.9 Å². The minimum absolute atomic E-state index is 0.0784. The average molecular weight is 854 g/mol. The number of nitrogens with one attached hydrogen (secondary N) is 1. The number of unbranched alkanes of at least 4 members (excludes halogenated alkanes) is 27. The molecule has 0 aromatic carbocycles. The van der Waals surface area contributed by atoms with E-state index in [1.807, 2.05) is 0 Å². The van der Waals surface area contributed by atoms with E-state index in [0.29, 0.717) is 6.42 Å². The summed E-state index contributed by atoms with van der Waals surface area (Å²) in [6.07, 6.45) is 52.2. The van der Waals surface area contributed by atoms with Crippen molar-refractivity contribution in [2.75, 3.05) is 26.4 Å². The lowest BCUT2D eigenvalue weighted by molar-refractivity contribution is -0.147. The van der Waals surface area contributed by atoms with Gasteiger partial charge in [-0.25, -0.2) is 4.57 Å². The van der Waals surface area contributed by atoms with E-state index in [2.05, 4.69) is 55.6 Å². The van der Waals surface area contributed by atoms with Crippen LogP contribution in [0.2, 0.25) is 0 Å². The molecule has 1 amide bonds. The van der Waals surface area contributed by atoms with Crippen molar-refractivity contribution in [3.63, 3.8) is 0 Å². The third kappa shape index (κ3) is 47.1. The van der Waals surface area contributed by atoms with Gasteiger partial charge in [-0.2, -0.15) is 0 Å². The molecule has 0 bridgehead atoms. The van der Waals surface area contributed by atoms with Crippen LogP contribution in [0.4, 0.5) is 0 Å². The second-order valence-electron chi connectivity index (χ2n) is 16.4. The Labute approximate surface area is 363 Å². The Balaban J connectivity index is 3.57. The highest BCUT2D eigenvalue weighted by Crippen LogP contribution is 2.42. The molecule has 0 spiro atoms. The molecular weight excluding hydrogens is 762 g/mol. The molecule has 0 saturated carbocycles. The van der Waals surface area contributed by atoms with Gasteiger partial charge in [0.25, 0.3) is 0 Å². The minimum atomic E-state index is -4.42. The van der Waals surface area contributed by atoms with E-state index < -0.39 is 26.5 Å². The van der Waals surface area contributed by atoms with Crippen molar-refractivity contribution in [3.05, 3.63) is 36.5 Å². The van der Waals surface area contributed by atoms with E-state index >= 15 is 0 Å². The van der Waals surface area contributed by atoms with Crippen LogP contribution in [0.3, 0.4) is 0 Å². The van der Waals surface area contributed by atoms with E-state index in [0.717, 1.165) is 57.8 Å². The summed E-state index contributed by atoms with van der Waals surface area (Å²) in [7, 11) is -4.42. The lowest BCUT2D eigenvalue weighted by Gasteiger charge is -2.15. The Morgan fingerprint density at radius 3 is 1.41 bits per heavy atom. The zero-order valence-corrected chi connectivity index (χ0v) is 39.1. The highest BCUT2D eigenvalue weighted by molar-refractivity contribution is 7.47. The average Bonchev–Trinajstić information content (AvgIpc) is 3.22. The molecule has 0 aliphatic heterocycles. The lowest BCUT2D eigenvalue weighted by Crippen LogP contribution is -2.27. The van der Waals surface area contributed by atoms with Crippen molar-refractivity contribution >= 4 is 19.7 Å². The van der Waals surface area contributed by atoms with E-state index in [9.17, 15) is 24.2 Å². The second-order valence-corrected chi connectivity index (χ2v) is 17.9. The first kappa shape index (κ1) is 57.2. The van der Waals surface area contributed by atoms with E-state index in [1.54, 1.807) is 0 Å². The van der Waals surface area contributed by atoms with E-state index in [-0.39, 0.29) is 32.1 Å². The second kappa shape index (κ2) is 45.7. The van der Waals surface area contributed by atoms with Crippen LogP contribution in [0, 0.1) is 0 Å². The van der Waals surface area contributed by atoms with Crippen molar-refractivity contribution in [2.24, 2.45) is 0 Å². The molecule has 346 valence electrons. The lowest BCUT2D eigenvalue weighted by atomic mass is 10.0. The van der Waals surface area contributed by atoms with Gasteiger partial charge in [0.2, 0.25) is 5.91 Å². The van der Waals surface area contributed by atoms with Crippen molar-refractivity contribution < 1.29 is 37.9 Å². The monoisotopic (exact) mass is 854 g/mol. The first-order chi connectivity index (χ1) is 28.8. The number of amides is 1. The number of esters is 1. The Bertz CT molecular complexity index is 1060. The maximum atomic E-state index is 12.1. The highest BCUT2D eigenvalue weighted by Gasteiger charge is 2.23. The van der Waals surface area contributed by atoms with Gasteiger partial charge in [0.1, 0.15) is 12.7 Å². The fourth-order valence-corrected chi connectivity index (χ4v) is 7.62. The highest BCUT2D eigenvalue weighted by atomic mass is 31.2. The van der Waals surface area contributed by atoms with E-state index in [4.69, 9.17) is 13.8 Å². The van der Waals surface area contributed by atoms with Gasteiger partial charge in [0, 0.05) is 19.4 Å². The molecule has 0 rings (SSSR count). The van der Waals surface area contributed by atoms with Gasteiger partial charge in [0.05, 0.1) is 13.2 Å². The number of carbonyl (C=O) groups excluding carboxylic acids is 2.